The summed E-state index contributed by atoms with van der Waals surface area (Å²) in [6.07, 6.45) is 0.838. The van der Waals surface area contributed by atoms with Gasteiger partial charge in [0.2, 0.25) is 11.8 Å². The summed E-state index contributed by atoms with van der Waals surface area (Å²) in [6.45, 7) is 0.489. The first-order valence-corrected chi connectivity index (χ1v) is 6.02. The van der Waals surface area contributed by atoms with Gasteiger partial charge in [-0.25, -0.2) is 0 Å². The SMILES string of the molecule is N[C@H](Cc1ccccc1)C(=O)NC1CNC(=O)C1. The Kier molecular flexibility index (Phi) is 3.94. The van der Waals surface area contributed by atoms with Gasteiger partial charge in [0.1, 0.15) is 0 Å². The van der Waals surface area contributed by atoms with Crippen molar-refractivity contribution in [2.24, 2.45) is 5.73 Å². The molecule has 2 atom stereocenters. The quantitative estimate of drug-likeness (QED) is 0.674. The summed E-state index contributed by atoms with van der Waals surface area (Å²) < 4.78 is 0. The minimum absolute atomic E-state index is 0.0306. The number of carbonyl (C=O) groups excluding carboxylic acids is 2. The monoisotopic (exact) mass is 247 g/mol. The lowest BCUT2D eigenvalue weighted by atomic mass is 10.1. The lowest BCUT2D eigenvalue weighted by Crippen LogP contribution is -2.47. The van der Waals surface area contributed by atoms with Crippen molar-refractivity contribution in [1.29, 1.82) is 0 Å². The average Bonchev–Trinajstić information content (AvgIpc) is 2.76. The first kappa shape index (κ1) is 12.6. The van der Waals surface area contributed by atoms with Crippen LogP contribution in [0.4, 0.5) is 0 Å². The number of carbonyl (C=O) groups is 2. The van der Waals surface area contributed by atoms with Crippen LogP contribution in [0.2, 0.25) is 0 Å². The number of rotatable bonds is 4. The molecule has 5 heteroatoms. The topological polar surface area (TPSA) is 84.2 Å². The highest BCUT2D eigenvalue weighted by Crippen LogP contribution is 2.04. The van der Waals surface area contributed by atoms with E-state index < -0.39 is 6.04 Å². The number of nitrogens with two attached hydrogens (primary N) is 1. The molecule has 5 nitrogen and oxygen atoms in total. The molecule has 0 aliphatic carbocycles. The molecular formula is C13H17N3O2. The zero-order chi connectivity index (χ0) is 13.0. The molecule has 1 aromatic rings. The number of hydrogen-bond acceptors (Lipinski definition) is 3. The van der Waals surface area contributed by atoms with E-state index in [1.54, 1.807) is 0 Å². The van der Waals surface area contributed by atoms with Crippen molar-refractivity contribution < 1.29 is 9.59 Å². The highest BCUT2D eigenvalue weighted by molar-refractivity contribution is 5.84. The fourth-order valence-corrected chi connectivity index (χ4v) is 1.98. The molecule has 1 aliphatic heterocycles. The molecule has 0 radical (unpaired) electrons. The van der Waals surface area contributed by atoms with E-state index in [1.807, 2.05) is 30.3 Å². The summed E-state index contributed by atoms with van der Waals surface area (Å²) in [5.74, 6) is -0.239. The Labute approximate surface area is 106 Å². The van der Waals surface area contributed by atoms with Crippen LogP contribution in [0.25, 0.3) is 0 Å². The van der Waals surface area contributed by atoms with Crippen LogP contribution in [0.3, 0.4) is 0 Å². The fraction of sp³-hybridized carbons (Fsp3) is 0.385. The van der Waals surface area contributed by atoms with Gasteiger partial charge in [0.25, 0.3) is 0 Å². The van der Waals surface area contributed by atoms with Crippen molar-refractivity contribution in [3.05, 3.63) is 35.9 Å². The zero-order valence-electron chi connectivity index (χ0n) is 10.1. The van der Waals surface area contributed by atoms with Gasteiger partial charge >= 0.3 is 0 Å². The molecule has 2 rings (SSSR count). The van der Waals surface area contributed by atoms with E-state index in [4.69, 9.17) is 5.73 Å². The smallest absolute Gasteiger partial charge is 0.237 e. The Morgan fingerprint density at radius 3 is 2.78 bits per heavy atom. The lowest BCUT2D eigenvalue weighted by molar-refractivity contribution is -0.123. The molecule has 1 unspecified atom stereocenters. The second kappa shape index (κ2) is 5.64. The third-order valence-electron chi connectivity index (χ3n) is 2.96. The van der Waals surface area contributed by atoms with E-state index in [9.17, 15) is 9.59 Å². The van der Waals surface area contributed by atoms with Crippen molar-refractivity contribution >= 4 is 11.8 Å². The highest BCUT2D eigenvalue weighted by Gasteiger charge is 2.24. The number of nitrogens with one attached hydrogen (secondary N) is 2. The van der Waals surface area contributed by atoms with E-state index in [-0.39, 0.29) is 17.9 Å². The minimum Gasteiger partial charge on any atom is -0.354 e. The molecule has 2 amide bonds. The molecule has 1 aromatic carbocycles. The third kappa shape index (κ3) is 3.30. The Bertz CT molecular complexity index is 433. The maximum Gasteiger partial charge on any atom is 0.237 e. The number of hydrogen-bond donors (Lipinski definition) is 3. The third-order valence-corrected chi connectivity index (χ3v) is 2.96. The van der Waals surface area contributed by atoms with Crippen LogP contribution < -0.4 is 16.4 Å². The van der Waals surface area contributed by atoms with Crippen molar-refractivity contribution in [1.82, 2.24) is 10.6 Å². The number of amides is 2. The first-order chi connectivity index (χ1) is 8.65. The maximum absolute atomic E-state index is 11.8. The summed E-state index contributed by atoms with van der Waals surface area (Å²) in [7, 11) is 0. The van der Waals surface area contributed by atoms with Gasteiger partial charge in [-0.2, -0.15) is 0 Å². The molecular weight excluding hydrogens is 230 g/mol. The predicted octanol–water partition coefficient (Wildman–Crippen LogP) is -0.439. The van der Waals surface area contributed by atoms with E-state index in [0.29, 0.717) is 19.4 Å². The molecule has 0 aromatic heterocycles. The molecule has 1 aliphatic rings. The maximum atomic E-state index is 11.8. The standard InChI is InChI=1S/C13H17N3O2/c14-11(6-9-4-2-1-3-5-9)13(18)16-10-7-12(17)15-8-10/h1-5,10-11H,6-8,14H2,(H,15,17)(H,16,18)/t10?,11-/m1/s1. The van der Waals surface area contributed by atoms with Gasteiger partial charge < -0.3 is 16.4 Å². The van der Waals surface area contributed by atoms with Gasteiger partial charge in [0, 0.05) is 13.0 Å². The zero-order valence-corrected chi connectivity index (χ0v) is 10.1. The van der Waals surface area contributed by atoms with E-state index in [1.165, 1.54) is 0 Å². The molecule has 1 heterocycles. The highest BCUT2D eigenvalue weighted by atomic mass is 16.2. The Hall–Kier alpha value is -1.88. The predicted molar refractivity (Wildman–Crippen MR) is 67.7 cm³/mol. The van der Waals surface area contributed by atoms with Gasteiger partial charge in [0.05, 0.1) is 12.1 Å². The number of benzene rings is 1. The van der Waals surface area contributed by atoms with E-state index >= 15 is 0 Å². The van der Waals surface area contributed by atoms with E-state index in [0.717, 1.165) is 5.56 Å². The summed E-state index contributed by atoms with van der Waals surface area (Å²) in [5.41, 5.74) is 6.87. The second-order valence-electron chi connectivity index (χ2n) is 4.51. The lowest BCUT2D eigenvalue weighted by Gasteiger charge is -2.15. The molecule has 1 fully saturated rings. The van der Waals surface area contributed by atoms with Crippen LogP contribution in [-0.2, 0) is 16.0 Å². The molecule has 4 N–H and O–H groups in total. The van der Waals surface area contributed by atoms with Gasteiger partial charge in [-0.3, -0.25) is 9.59 Å². The minimum atomic E-state index is -0.580. The van der Waals surface area contributed by atoms with Crippen LogP contribution in [0.5, 0.6) is 0 Å². The fourth-order valence-electron chi connectivity index (χ4n) is 1.98. The van der Waals surface area contributed by atoms with E-state index in [2.05, 4.69) is 10.6 Å². The average molecular weight is 247 g/mol. The second-order valence-corrected chi connectivity index (χ2v) is 4.51. The Morgan fingerprint density at radius 1 is 1.44 bits per heavy atom. The van der Waals surface area contributed by atoms with Crippen LogP contribution in [0.15, 0.2) is 30.3 Å². The van der Waals surface area contributed by atoms with Crippen LogP contribution >= 0.6 is 0 Å². The summed E-state index contributed by atoms with van der Waals surface area (Å²) in [4.78, 5) is 22.8. The molecule has 0 saturated carbocycles. The summed E-state index contributed by atoms with van der Waals surface area (Å²) >= 11 is 0. The van der Waals surface area contributed by atoms with Crippen LogP contribution in [-0.4, -0.2) is 30.4 Å². The van der Waals surface area contributed by atoms with Crippen molar-refractivity contribution in [3.8, 4) is 0 Å². The van der Waals surface area contributed by atoms with Gasteiger partial charge in [-0.05, 0) is 12.0 Å². The molecule has 96 valence electrons. The molecule has 0 spiro atoms. The molecule has 0 bridgehead atoms. The van der Waals surface area contributed by atoms with Crippen LogP contribution in [0.1, 0.15) is 12.0 Å². The molecule has 18 heavy (non-hydrogen) atoms. The van der Waals surface area contributed by atoms with Crippen molar-refractivity contribution in [2.75, 3.05) is 6.54 Å². The largest absolute Gasteiger partial charge is 0.354 e. The Balaban J connectivity index is 1.83. The Morgan fingerprint density at radius 2 is 2.17 bits per heavy atom. The van der Waals surface area contributed by atoms with Gasteiger partial charge in [-0.15, -0.1) is 0 Å². The van der Waals surface area contributed by atoms with Crippen molar-refractivity contribution in [2.45, 2.75) is 24.9 Å². The van der Waals surface area contributed by atoms with Crippen LogP contribution in [0, 0.1) is 0 Å². The van der Waals surface area contributed by atoms with Crippen molar-refractivity contribution in [3.63, 3.8) is 0 Å². The normalized spacial score (nSPS) is 20.3. The first-order valence-electron chi connectivity index (χ1n) is 6.02. The van der Waals surface area contributed by atoms with Gasteiger partial charge in [0.15, 0.2) is 0 Å². The summed E-state index contributed by atoms with van der Waals surface area (Å²) in [6, 6.07) is 8.92. The van der Waals surface area contributed by atoms with Gasteiger partial charge in [-0.1, -0.05) is 30.3 Å². The molecule has 1 saturated heterocycles. The summed E-state index contributed by atoms with van der Waals surface area (Å²) in [5, 5.41) is 5.45.